The number of ether oxygens (including phenoxy) is 2. The van der Waals surface area contributed by atoms with Crippen LogP contribution in [0.1, 0.15) is 10.4 Å². The van der Waals surface area contributed by atoms with Crippen LogP contribution < -0.4 is 14.9 Å². The molecule has 128 valence electrons. The second-order valence-electron chi connectivity index (χ2n) is 5.32. The molecule has 1 heterocycles. The quantitative estimate of drug-likeness (QED) is 0.756. The van der Waals surface area contributed by atoms with Gasteiger partial charge in [0.05, 0.1) is 25.4 Å². The maximum Gasteiger partial charge on any atom is 0.341 e. The van der Waals surface area contributed by atoms with Crippen LogP contribution in [0.25, 0.3) is 16.6 Å². The maximum absolute atomic E-state index is 12.4. The highest BCUT2D eigenvalue weighted by atomic mass is 16.5. The van der Waals surface area contributed by atoms with Gasteiger partial charge in [-0.05, 0) is 12.1 Å². The number of nitrogens with zero attached hydrogens (tertiary/aromatic N) is 1. The van der Waals surface area contributed by atoms with Crippen LogP contribution in [0.15, 0.2) is 47.4 Å². The molecule has 2 aromatic carbocycles. The van der Waals surface area contributed by atoms with Gasteiger partial charge in [-0.15, -0.1) is 0 Å². The number of carboxylic acids is 1. The molecular formula is C18H15NO6. The first-order valence-electron chi connectivity index (χ1n) is 7.29. The summed E-state index contributed by atoms with van der Waals surface area (Å²) in [6.45, 7) is 0. The van der Waals surface area contributed by atoms with Gasteiger partial charge in [-0.25, -0.2) is 4.79 Å². The van der Waals surface area contributed by atoms with E-state index in [1.807, 2.05) is 0 Å². The van der Waals surface area contributed by atoms with E-state index in [1.54, 1.807) is 18.2 Å². The fourth-order valence-electron chi connectivity index (χ4n) is 2.62. The van der Waals surface area contributed by atoms with Crippen LogP contribution >= 0.6 is 0 Å². The average Bonchev–Trinajstić information content (AvgIpc) is 2.60. The van der Waals surface area contributed by atoms with Gasteiger partial charge >= 0.3 is 5.97 Å². The van der Waals surface area contributed by atoms with Crippen molar-refractivity contribution in [3.8, 4) is 22.9 Å². The van der Waals surface area contributed by atoms with Crippen molar-refractivity contribution in [3.05, 3.63) is 58.4 Å². The molecule has 0 aliphatic heterocycles. The standard InChI is InChI=1S/C18H15NO6/c1-24-12-3-4-14-16(8-12)19(9-15(17(14)21)18(22)23)10-5-11(20)7-13(6-10)25-2/h3-9,20H,1-2H3,(H,22,23). The molecule has 0 aliphatic carbocycles. The predicted molar refractivity (Wildman–Crippen MR) is 91.3 cm³/mol. The number of carboxylic acid groups (broad SMARTS) is 1. The zero-order valence-electron chi connectivity index (χ0n) is 13.5. The van der Waals surface area contributed by atoms with Crippen molar-refractivity contribution in [2.45, 2.75) is 0 Å². The molecule has 0 amide bonds. The summed E-state index contributed by atoms with van der Waals surface area (Å²) < 4.78 is 11.8. The summed E-state index contributed by atoms with van der Waals surface area (Å²) in [6, 6.07) is 9.21. The fourth-order valence-corrected chi connectivity index (χ4v) is 2.62. The van der Waals surface area contributed by atoms with Gasteiger partial charge in [0.2, 0.25) is 5.43 Å². The maximum atomic E-state index is 12.4. The molecule has 0 atom stereocenters. The Morgan fingerprint density at radius 3 is 2.40 bits per heavy atom. The van der Waals surface area contributed by atoms with Crippen LogP contribution in [0.5, 0.6) is 17.2 Å². The van der Waals surface area contributed by atoms with Crippen LogP contribution in [0.3, 0.4) is 0 Å². The number of benzene rings is 2. The lowest BCUT2D eigenvalue weighted by Crippen LogP contribution is -2.18. The Kier molecular flexibility index (Phi) is 4.06. The van der Waals surface area contributed by atoms with Crippen molar-refractivity contribution in [2.75, 3.05) is 14.2 Å². The number of methoxy groups -OCH3 is 2. The first-order chi connectivity index (χ1) is 11.9. The predicted octanol–water partition coefficient (Wildman–Crippen LogP) is 2.41. The summed E-state index contributed by atoms with van der Waals surface area (Å²) in [5.41, 5.74) is -0.0758. The summed E-state index contributed by atoms with van der Waals surface area (Å²) in [5.74, 6) is -0.484. The Labute approximate surface area is 142 Å². The van der Waals surface area contributed by atoms with Crippen molar-refractivity contribution in [2.24, 2.45) is 0 Å². The monoisotopic (exact) mass is 341 g/mol. The summed E-state index contributed by atoms with van der Waals surface area (Å²) in [6.07, 6.45) is 1.22. The van der Waals surface area contributed by atoms with E-state index in [-0.39, 0.29) is 16.7 Å². The van der Waals surface area contributed by atoms with Gasteiger partial charge in [0.15, 0.2) is 0 Å². The van der Waals surface area contributed by atoms with Gasteiger partial charge in [-0.2, -0.15) is 0 Å². The Morgan fingerprint density at radius 2 is 1.76 bits per heavy atom. The number of carbonyl (C=O) groups is 1. The molecule has 0 saturated heterocycles. The number of aromatic nitrogens is 1. The van der Waals surface area contributed by atoms with Gasteiger partial charge in [-0.3, -0.25) is 4.79 Å². The Hall–Kier alpha value is -3.48. The summed E-state index contributed by atoms with van der Waals surface area (Å²) in [7, 11) is 2.94. The van der Waals surface area contributed by atoms with Crippen LogP contribution in [0, 0.1) is 0 Å². The van der Waals surface area contributed by atoms with E-state index in [4.69, 9.17) is 9.47 Å². The highest BCUT2D eigenvalue weighted by molar-refractivity contribution is 5.93. The molecule has 2 N–H and O–H groups in total. The Morgan fingerprint density at radius 1 is 1.04 bits per heavy atom. The second-order valence-corrected chi connectivity index (χ2v) is 5.32. The van der Waals surface area contributed by atoms with Gasteiger partial charge in [0.25, 0.3) is 0 Å². The number of rotatable bonds is 4. The Bertz CT molecular complexity index is 1040. The van der Waals surface area contributed by atoms with Crippen molar-refractivity contribution in [3.63, 3.8) is 0 Å². The summed E-state index contributed by atoms with van der Waals surface area (Å²) in [4.78, 5) is 23.9. The third-order valence-electron chi connectivity index (χ3n) is 3.83. The number of hydrogen-bond donors (Lipinski definition) is 2. The molecule has 0 unspecified atom stereocenters. The molecule has 7 nitrogen and oxygen atoms in total. The fraction of sp³-hybridized carbons (Fsp3) is 0.111. The van der Waals surface area contributed by atoms with Crippen LogP contribution in [-0.2, 0) is 0 Å². The van der Waals surface area contributed by atoms with E-state index in [1.165, 1.54) is 43.2 Å². The minimum absolute atomic E-state index is 0.0547. The molecule has 25 heavy (non-hydrogen) atoms. The Balaban J connectivity index is 2.43. The number of phenolic OH excluding ortho intramolecular Hbond substituents is 1. The summed E-state index contributed by atoms with van der Waals surface area (Å²) >= 11 is 0. The lowest BCUT2D eigenvalue weighted by Gasteiger charge is -2.14. The zero-order valence-corrected chi connectivity index (χ0v) is 13.5. The first-order valence-corrected chi connectivity index (χ1v) is 7.29. The molecule has 0 bridgehead atoms. The normalized spacial score (nSPS) is 10.6. The van der Waals surface area contributed by atoms with Gasteiger partial charge in [0, 0.05) is 35.8 Å². The number of aromatic carboxylic acids is 1. The second kappa shape index (κ2) is 6.20. The summed E-state index contributed by atoms with van der Waals surface area (Å²) in [5, 5.41) is 19.5. The van der Waals surface area contributed by atoms with E-state index in [0.717, 1.165) is 0 Å². The van der Waals surface area contributed by atoms with Gasteiger partial charge in [-0.1, -0.05) is 0 Å². The lowest BCUT2D eigenvalue weighted by molar-refractivity contribution is 0.0695. The lowest BCUT2D eigenvalue weighted by atomic mass is 10.1. The molecule has 7 heteroatoms. The van der Waals surface area contributed by atoms with Crippen LogP contribution in [0.2, 0.25) is 0 Å². The molecular weight excluding hydrogens is 326 g/mol. The molecule has 3 rings (SSSR count). The van der Waals surface area contributed by atoms with Crippen molar-refractivity contribution < 1.29 is 24.5 Å². The van der Waals surface area contributed by atoms with Crippen molar-refractivity contribution >= 4 is 16.9 Å². The zero-order chi connectivity index (χ0) is 18.1. The minimum Gasteiger partial charge on any atom is -0.508 e. The topological polar surface area (TPSA) is 98.0 Å². The number of hydrogen-bond acceptors (Lipinski definition) is 5. The number of aromatic hydroxyl groups is 1. The van der Waals surface area contributed by atoms with E-state index >= 15 is 0 Å². The number of phenols is 1. The van der Waals surface area contributed by atoms with Gasteiger partial charge < -0.3 is 24.3 Å². The van der Waals surface area contributed by atoms with Crippen LogP contribution in [-0.4, -0.2) is 35.0 Å². The van der Waals surface area contributed by atoms with E-state index in [0.29, 0.717) is 22.7 Å². The van der Waals surface area contributed by atoms with E-state index in [2.05, 4.69) is 0 Å². The minimum atomic E-state index is -1.33. The molecule has 0 aliphatic rings. The SMILES string of the molecule is COc1cc(O)cc(-n2cc(C(=O)O)c(=O)c3ccc(OC)cc32)c1. The largest absolute Gasteiger partial charge is 0.508 e. The highest BCUT2D eigenvalue weighted by Crippen LogP contribution is 2.28. The smallest absolute Gasteiger partial charge is 0.341 e. The molecule has 3 aromatic rings. The van der Waals surface area contributed by atoms with E-state index in [9.17, 15) is 19.8 Å². The molecule has 0 saturated carbocycles. The molecule has 0 spiro atoms. The molecule has 0 fully saturated rings. The molecule has 0 radical (unpaired) electrons. The molecule has 1 aromatic heterocycles. The number of fused-ring (bicyclic) bond motifs is 1. The van der Waals surface area contributed by atoms with Crippen molar-refractivity contribution in [1.29, 1.82) is 0 Å². The van der Waals surface area contributed by atoms with Gasteiger partial charge in [0.1, 0.15) is 22.8 Å². The third kappa shape index (κ3) is 2.87. The number of pyridine rings is 1. The van der Waals surface area contributed by atoms with E-state index < -0.39 is 11.4 Å². The van der Waals surface area contributed by atoms with Crippen LogP contribution in [0.4, 0.5) is 0 Å². The third-order valence-corrected chi connectivity index (χ3v) is 3.83. The average molecular weight is 341 g/mol. The van der Waals surface area contributed by atoms with Crippen molar-refractivity contribution in [1.82, 2.24) is 4.57 Å². The highest BCUT2D eigenvalue weighted by Gasteiger charge is 2.16. The first kappa shape index (κ1) is 16.4.